The monoisotopic (exact) mass is 293 g/mol. The first-order valence-electron chi connectivity index (χ1n) is 6.25. The van der Waals surface area contributed by atoms with Crippen LogP contribution in [0.1, 0.15) is 25.8 Å². The van der Waals surface area contributed by atoms with Gasteiger partial charge in [0, 0.05) is 11.4 Å². The number of anilines is 1. The molecule has 0 fully saturated rings. The molecule has 0 saturated heterocycles. The summed E-state index contributed by atoms with van der Waals surface area (Å²) in [5.41, 5.74) is 1.37. The molecule has 1 heterocycles. The third-order valence-electron chi connectivity index (χ3n) is 2.80. The fourth-order valence-electron chi connectivity index (χ4n) is 1.96. The highest BCUT2D eigenvalue weighted by Gasteiger charge is 2.19. The Bertz CT molecular complexity index is 534. The minimum atomic E-state index is 0.404. The summed E-state index contributed by atoms with van der Waals surface area (Å²) < 4.78 is 0. The normalized spacial score (nSPS) is 18.3. The van der Waals surface area contributed by atoms with Gasteiger partial charge in [-0.1, -0.05) is 37.2 Å². The van der Waals surface area contributed by atoms with Crippen LogP contribution in [0.4, 0.5) is 5.69 Å². The van der Waals surface area contributed by atoms with E-state index >= 15 is 0 Å². The molecule has 1 aromatic carbocycles. The number of thioether (sulfide) groups is 1. The summed E-state index contributed by atoms with van der Waals surface area (Å²) in [7, 11) is 0. The molecule has 1 aliphatic heterocycles. The Kier molecular flexibility index (Phi) is 4.73. The van der Waals surface area contributed by atoms with Crippen LogP contribution in [0.3, 0.4) is 0 Å². The van der Waals surface area contributed by atoms with Crippen LogP contribution in [-0.4, -0.2) is 17.0 Å². The molecule has 2 rings (SSSR count). The number of nitriles is 1. The highest BCUT2D eigenvalue weighted by Crippen LogP contribution is 2.26. The third kappa shape index (κ3) is 3.89. The molecule has 1 aromatic rings. The first kappa shape index (κ1) is 14.2. The minimum Gasteiger partial charge on any atom is -0.335 e. The summed E-state index contributed by atoms with van der Waals surface area (Å²) in [6, 6.07) is 7.79. The van der Waals surface area contributed by atoms with Gasteiger partial charge in [-0.3, -0.25) is 4.99 Å². The summed E-state index contributed by atoms with van der Waals surface area (Å²) in [6.45, 7) is 4.43. The van der Waals surface area contributed by atoms with Crippen molar-refractivity contribution in [2.45, 2.75) is 26.3 Å². The van der Waals surface area contributed by atoms with Gasteiger partial charge in [0.1, 0.15) is 6.07 Å². The van der Waals surface area contributed by atoms with Crippen LogP contribution in [0.5, 0.6) is 0 Å². The quantitative estimate of drug-likeness (QED) is 0.911. The molecule has 0 spiro atoms. The van der Waals surface area contributed by atoms with Crippen molar-refractivity contribution in [3.8, 4) is 6.07 Å². The lowest BCUT2D eigenvalue weighted by Gasteiger charge is -2.07. The van der Waals surface area contributed by atoms with Crippen molar-refractivity contribution in [1.82, 2.24) is 0 Å². The molecule has 1 atom stereocenters. The van der Waals surface area contributed by atoms with Gasteiger partial charge in [-0.25, -0.2) is 0 Å². The van der Waals surface area contributed by atoms with Gasteiger partial charge in [-0.05, 0) is 30.5 Å². The molecular weight excluding hydrogens is 278 g/mol. The smallest absolute Gasteiger partial charge is 0.161 e. The number of nitrogens with one attached hydrogen (secondary N) is 1. The lowest BCUT2D eigenvalue weighted by Crippen LogP contribution is -2.08. The zero-order chi connectivity index (χ0) is 13.8. The number of benzene rings is 1. The van der Waals surface area contributed by atoms with Gasteiger partial charge in [0.05, 0.1) is 16.6 Å². The summed E-state index contributed by atoms with van der Waals surface area (Å²) in [4.78, 5) is 4.66. The Hall–Kier alpha value is -1.18. The fraction of sp³-hybridized carbons (Fsp3) is 0.429. The van der Waals surface area contributed by atoms with Gasteiger partial charge in [-0.15, -0.1) is 0 Å². The van der Waals surface area contributed by atoms with Crippen LogP contribution in [0.25, 0.3) is 0 Å². The molecule has 0 radical (unpaired) electrons. The Morgan fingerprint density at radius 2 is 2.37 bits per heavy atom. The number of nitrogens with zero attached hydrogens (tertiary/aromatic N) is 2. The molecular formula is C14H16ClN3S. The largest absolute Gasteiger partial charge is 0.335 e. The van der Waals surface area contributed by atoms with Crippen LogP contribution >= 0.6 is 23.4 Å². The third-order valence-corrected chi connectivity index (χ3v) is 4.14. The fourth-order valence-corrected chi connectivity index (χ4v) is 3.15. The average Bonchev–Trinajstić information content (AvgIpc) is 2.76. The van der Waals surface area contributed by atoms with E-state index in [1.165, 1.54) is 0 Å². The van der Waals surface area contributed by atoms with E-state index in [-0.39, 0.29) is 0 Å². The molecule has 100 valence electrons. The minimum absolute atomic E-state index is 0.404. The van der Waals surface area contributed by atoms with Crippen LogP contribution in [0, 0.1) is 17.2 Å². The SMILES string of the molecule is CC(C)CC1CSC(Nc2ccc(C#N)c(Cl)c2)=N1. The number of rotatable bonds is 3. The highest BCUT2D eigenvalue weighted by molar-refractivity contribution is 8.14. The van der Waals surface area contributed by atoms with Crippen LogP contribution in [0.15, 0.2) is 23.2 Å². The number of halogens is 1. The highest BCUT2D eigenvalue weighted by atomic mass is 35.5. The van der Waals surface area contributed by atoms with Gasteiger partial charge in [0.2, 0.25) is 0 Å². The van der Waals surface area contributed by atoms with Crippen molar-refractivity contribution in [3.05, 3.63) is 28.8 Å². The first-order valence-corrected chi connectivity index (χ1v) is 7.62. The molecule has 0 amide bonds. The molecule has 0 aromatic heterocycles. The van der Waals surface area contributed by atoms with Crippen molar-refractivity contribution < 1.29 is 0 Å². The Morgan fingerprint density at radius 3 is 3.00 bits per heavy atom. The van der Waals surface area contributed by atoms with E-state index in [0.29, 0.717) is 22.5 Å². The molecule has 0 saturated carbocycles. The van der Waals surface area contributed by atoms with Crippen LogP contribution in [0.2, 0.25) is 5.02 Å². The number of aliphatic imine (C=N–C) groups is 1. The zero-order valence-corrected chi connectivity index (χ0v) is 12.6. The molecule has 1 unspecified atom stereocenters. The van der Waals surface area contributed by atoms with Gasteiger partial charge >= 0.3 is 0 Å². The molecule has 1 aliphatic rings. The van der Waals surface area contributed by atoms with E-state index < -0.39 is 0 Å². The lowest BCUT2D eigenvalue weighted by molar-refractivity contribution is 0.529. The second-order valence-corrected chi connectivity index (χ2v) is 6.38. The zero-order valence-electron chi connectivity index (χ0n) is 11.0. The van der Waals surface area contributed by atoms with Crippen molar-refractivity contribution in [2.75, 3.05) is 11.1 Å². The molecule has 5 heteroatoms. The Balaban J connectivity index is 2.02. The van der Waals surface area contributed by atoms with Crippen molar-refractivity contribution in [3.63, 3.8) is 0 Å². The van der Waals surface area contributed by atoms with Gasteiger partial charge in [0.15, 0.2) is 5.17 Å². The van der Waals surface area contributed by atoms with E-state index in [4.69, 9.17) is 16.9 Å². The number of amidine groups is 1. The first-order chi connectivity index (χ1) is 9.08. The van der Waals surface area contributed by atoms with E-state index in [1.54, 1.807) is 23.9 Å². The maximum Gasteiger partial charge on any atom is 0.161 e. The van der Waals surface area contributed by atoms with Gasteiger partial charge < -0.3 is 5.32 Å². The Labute approximate surface area is 123 Å². The predicted octanol–water partition coefficient (Wildman–Crippen LogP) is 4.14. The van der Waals surface area contributed by atoms with E-state index in [9.17, 15) is 0 Å². The van der Waals surface area contributed by atoms with Crippen molar-refractivity contribution >= 4 is 34.2 Å². The molecule has 3 nitrogen and oxygen atoms in total. The average molecular weight is 294 g/mol. The standard InChI is InChI=1S/C14H16ClN3S/c1-9(2)5-12-8-19-14(18-12)17-11-4-3-10(7-16)13(15)6-11/h3-4,6,9,12H,5,8H2,1-2H3,(H,17,18). The summed E-state index contributed by atoms with van der Waals surface area (Å²) >= 11 is 7.74. The molecule has 1 N–H and O–H groups in total. The van der Waals surface area contributed by atoms with Crippen LogP contribution < -0.4 is 5.32 Å². The number of hydrogen-bond donors (Lipinski definition) is 1. The van der Waals surface area contributed by atoms with Crippen molar-refractivity contribution in [1.29, 1.82) is 5.26 Å². The summed E-state index contributed by atoms with van der Waals surface area (Å²) in [5, 5.41) is 13.5. The topological polar surface area (TPSA) is 48.2 Å². The molecule has 0 aliphatic carbocycles. The van der Waals surface area contributed by atoms with E-state index in [1.807, 2.05) is 12.1 Å². The second-order valence-electron chi connectivity index (χ2n) is 4.96. The van der Waals surface area contributed by atoms with Gasteiger partial charge in [-0.2, -0.15) is 5.26 Å². The predicted molar refractivity (Wildman–Crippen MR) is 82.9 cm³/mol. The molecule has 0 bridgehead atoms. The van der Waals surface area contributed by atoms with Crippen molar-refractivity contribution in [2.24, 2.45) is 10.9 Å². The Morgan fingerprint density at radius 1 is 1.58 bits per heavy atom. The molecule has 19 heavy (non-hydrogen) atoms. The van der Waals surface area contributed by atoms with E-state index in [0.717, 1.165) is 23.0 Å². The lowest BCUT2D eigenvalue weighted by atomic mass is 10.1. The maximum atomic E-state index is 8.83. The second kappa shape index (κ2) is 6.31. The van der Waals surface area contributed by atoms with Gasteiger partial charge in [0.25, 0.3) is 0 Å². The summed E-state index contributed by atoms with van der Waals surface area (Å²) in [5.74, 6) is 1.70. The maximum absolute atomic E-state index is 8.83. The van der Waals surface area contributed by atoms with E-state index in [2.05, 4.69) is 24.2 Å². The number of hydrogen-bond acceptors (Lipinski definition) is 4. The summed E-state index contributed by atoms with van der Waals surface area (Å²) in [6.07, 6.45) is 1.12. The van der Waals surface area contributed by atoms with Crippen LogP contribution in [-0.2, 0) is 0 Å².